The van der Waals surface area contributed by atoms with Gasteiger partial charge in [0.2, 0.25) is 0 Å². The number of thiophene rings is 1. The Balaban J connectivity index is 2.36. The Kier molecular flexibility index (Phi) is 4.15. The average molecular weight is 300 g/mol. The SMILES string of the molecule is Cc1ccc(C(C#N)C(=O)c2ccc([N+](=O)[O-])s2)cc1C. The van der Waals surface area contributed by atoms with Crippen LogP contribution in [-0.2, 0) is 0 Å². The molecule has 0 bridgehead atoms. The molecule has 0 aliphatic rings. The molecule has 1 aromatic carbocycles. The number of nitrogens with zero attached hydrogens (tertiary/aromatic N) is 2. The van der Waals surface area contributed by atoms with E-state index in [1.54, 1.807) is 6.07 Å². The fraction of sp³-hybridized carbons (Fsp3) is 0.200. The molecule has 2 rings (SSSR count). The third-order valence-electron chi connectivity index (χ3n) is 3.27. The number of aryl methyl sites for hydroxylation is 2. The zero-order valence-electron chi connectivity index (χ0n) is 11.5. The molecule has 6 heteroatoms. The highest BCUT2D eigenvalue weighted by Crippen LogP contribution is 2.29. The summed E-state index contributed by atoms with van der Waals surface area (Å²) in [7, 11) is 0. The van der Waals surface area contributed by atoms with Gasteiger partial charge in [0.25, 0.3) is 0 Å². The summed E-state index contributed by atoms with van der Waals surface area (Å²) in [5.74, 6) is -1.35. The first-order chi connectivity index (χ1) is 9.93. The summed E-state index contributed by atoms with van der Waals surface area (Å²) in [5.41, 5.74) is 2.69. The predicted molar refractivity (Wildman–Crippen MR) is 79.6 cm³/mol. The molecule has 0 radical (unpaired) electrons. The second-order valence-electron chi connectivity index (χ2n) is 4.67. The fourth-order valence-electron chi connectivity index (χ4n) is 1.93. The molecule has 0 saturated carbocycles. The lowest BCUT2D eigenvalue weighted by molar-refractivity contribution is -0.380. The van der Waals surface area contributed by atoms with E-state index in [4.69, 9.17) is 0 Å². The number of Topliss-reactive ketones (excluding diaryl/α,β-unsaturated/α-hetero) is 1. The van der Waals surface area contributed by atoms with Gasteiger partial charge in [-0.15, -0.1) is 0 Å². The van der Waals surface area contributed by atoms with Gasteiger partial charge in [-0.3, -0.25) is 14.9 Å². The number of rotatable bonds is 4. The quantitative estimate of drug-likeness (QED) is 0.489. The van der Waals surface area contributed by atoms with Gasteiger partial charge in [-0.1, -0.05) is 29.5 Å². The molecule has 5 nitrogen and oxygen atoms in total. The van der Waals surface area contributed by atoms with Crippen molar-refractivity contribution >= 4 is 22.1 Å². The van der Waals surface area contributed by atoms with E-state index in [-0.39, 0.29) is 9.88 Å². The molecule has 0 N–H and O–H groups in total. The minimum absolute atomic E-state index is 0.102. The number of hydrogen-bond donors (Lipinski definition) is 0. The summed E-state index contributed by atoms with van der Waals surface area (Å²) in [6, 6.07) is 10.1. The molecule has 2 aromatic rings. The highest BCUT2D eigenvalue weighted by Gasteiger charge is 2.25. The minimum atomic E-state index is -0.942. The Hall–Kier alpha value is -2.52. The molecule has 21 heavy (non-hydrogen) atoms. The zero-order valence-corrected chi connectivity index (χ0v) is 12.3. The van der Waals surface area contributed by atoms with Crippen molar-refractivity contribution in [3.63, 3.8) is 0 Å². The van der Waals surface area contributed by atoms with Crippen molar-refractivity contribution in [1.29, 1.82) is 5.26 Å². The summed E-state index contributed by atoms with van der Waals surface area (Å²) in [4.78, 5) is 22.7. The predicted octanol–water partition coefficient (Wildman–Crippen LogP) is 3.76. The number of nitro groups is 1. The van der Waals surface area contributed by atoms with Crippen LogP contribution < -0.4 is 0 Å². The number of carbonyl (C=O) groups is 1. The fourth-order valence-corrected chi connectivity index (χ4v) is 2.72. The lowest BCUT2D eigenvalue weighted by Gasteiger charge is -2.09. The Morgan fingerprint density at radius 2 is 2.00 bits per heavy atom. The van der Waals surface area contributed by atoms with Crippen molar-refractivity contribution in [2.24, 2.45) is 0 Å². The molecule has 0 saturated heterocycles. The average Bonchev–Trinajstić information content (AvgIpc) is 2.93. The van der Waals surface area contributed by atoms with Crippen molar-refractivity contribution in [3.05, 3.63) is 62.0 Å². The Bertz CT molecular complexity index is 759. The van der Waals surface area contributed by atoms with Crippen molar-refractivity contribution in [2.75, 3.05) is 0 Å². The first-order valence-electron chi connectivity index (χ1n) is 6.19. The van der Waals surface area contributed by atoms with Crippen LogP contribution in [0.3, 0.4) is 0 Å². The van der Waals surface area contributed by atoms with E-state index in [9.17, 15) is 20.2 Å². The Morgan fingerprint density at radius 1 is 1.29 bits per heavy atom. The smallest absolute Gasteiger partial charge is 0.291 e. The van der Waals surface area contributed by atoms with Crippen LogP contribution >= 0.6 is 11.3 Å². The van der Waals surface area contributed by atoms with Gasteiger partial charge in [-0.05, 0) is 36.6 Å². The van der Waals surface area contributed by atoms with Gasteiger partial charge < -0.3 is 0 Å². The molecule has 0 amide bonds. The maximum Gasteiger partial charge on any atom is 0.324 e. The van der Waals surface area contributed by atoms with E-state index >= 15 is 0 Å². The molecule has 1 atom stereocenters. The third-order valence-corrected chi connectivity index (χ3v) is 4.32. The number of carbonyl (C=O) groups excluding carboxylic acids is 1. The lowest BCUT2D eigenvalue weighted by atomic mass is 9.93. The van der Waals surface area contributed by atoms with Gasteiger partial charge in [0.15, 0.2) is 5.78 Å². The number of benzene rings is 1. The molecule has 0 aliphatic heterocycles. The van der Waals surface area contributed by atoms with E-state index in [2.05, 4.69) is 0 Å². The van der Waals surface area contributed by atoms with Crippen LogP contribution in [0.2, 0.25) is 0 Å². The first kappa shape index (κ1) is 14.9. The molecule has 1 heterocycles. The van der Waals surface area contributed by atoms with Crippen molar-refractivity contribution in [3.8, 4) is 6.07 Å². The maximum absolute atomic E-state index is 12.4. The van der Waals surface area contributed by atoms with Crippen LogP contribution in [0.1, 0.15) is 32.3 Å². The summed E-state index contributed by atoms with van der Waals surface area (Å²) in [6.45, 7) is 3.86. The molecule has 1 unspecified atom stereocenters. The molecule has 0 spiro atoms. The third kappa shape index (κ3) is 2.98. The summed E-state index contributed by atoms with van der Waals surface area (Å²) in [6.07, 6.45) is 0. The van der Waals surface area contributed by atoms with Crippen LogP contribution in [0.25, 0.3) is 0 Å². The summed E-state index contributed by atoms with van der Waals surface area (Å²) < 4.78 is 0. The van der Waals surface area contributed by atoms with Crippen molar-refractivity contribution < 1.29 is 9.72 Å². The maximum atomic E-state index is 12.4. The highest BCUT2D eigenvalue weighted by molar-refractivity contribution is 7.17. The lowest BCUT2D eigenvalue weighted by Crippen LogP contribution is -2.10. The van der Waals surface area contributed by atoms with Crippen LogP contribution in [-0.4, -0.2) is 10.7 Å². The van der Waals surface area contributed by atoms with E-state index in [0.717, 1.165) is 22.5 Å². The van der Waals surface area contributed by atoms with Crippen LogP contribution in [0.4, 0.5) is 5.00 Å². The van der Waals surface area contributed by atoms with E-state index < -0.39 is 16.6 Å². The monoisotopic (exact) mass is 300 g/mol. The van der Waals surface area contributed by atoms with Gasteiger partial charge in [-0.25, -0.2) is 0 Å². The molecular weight excluding hydrogens is 288 g/mol. The summed E-state index contributed by atoms with van der Waals surface area (Å²) >= 11 is 0.795. The minimum Gasteiger partial charge on any atom is -0.291 e. The molecular formula is C15H12N2O3S. The van der Waals surface area contributed by atoms with Crippen LogP contribution in [0, 0.1) is 35.3 Å². The summed E-state index contributed by atoms with van der Waals surface area (Å²) in [5, 5.41) is 19.9. The highest BCUT2D eigenvalue weighted by atomic mass is 32.1. The number of ketones is 1. The van der Waals surface area contributed by atoms with Crippen molar-refractivity contribution in [1.82, 2.24) is 0 Å². The second-order valence-corrected chi connectivity index (χ2v) is 5.73. The van der Waals surface area contributed by atoms with Crippen LogP contribution in [0.15, 0.2) is 30.3 Å². The van der Waals surface area contributed by atoms with Crippen molar-refractivity contribution in [2.45, 2.75) is 19.8 Å². The number of nitriles is 1. The zero-order chi connectivity index (χ0) is 15.6. The topological polar surface area (TPSA) is 84.0 Å². The van der Waals surface area contributed by atoms with E-state index in [1.807, 2.05) is 32.0 Å². The molecule has 0 aliphatic carbocycles. The largest absolute Gasteiger partial charge is 0.324 e. The van der Waals surface area contributed by atoms with E-state index in [1.165, 1.54) is 12.1 Å². The number of hydrogen-bond acceptors (Lipinski definition) is 5. The molecule has 106 valence electrons. The normalized spacial score (nSPS) is 11.7. The van der Waals surface area contributed by atoms with Gasteiger partial charge in [0.05, 0.1) is 15.9 Å². The van der Waals surface area contributed by atoms with Gasteiger partial charge in [0.1, 0.15) is 5.92 Å². The van der Waals surface area contributed by atoms with Crippen LogP contribution in [0.5, 0.6) is 0 Å². The molecule has 0 fully saturated rings. The van der Waals surface area contributed by atoms with Gasteiger partial charge in [-0.2, -0.15) is 5.26 Å². The van der Waals surface area contributed by atoms with Gasteiger partial charge in [0, 0.05) is 6.07 Å². The molecule has 1 aromatic heterocycles. The van der Waals surface area contributed by atoms with E-state index in [0.29, 0.717) is 5.56 Å². The Labute approximate surface area is 125 Å². The van der Waals surface area contributed by atoms with Gasteiger partial charge >= 0.3 is 5.00 Å². The standard InChI is InChI=1S/C15H12N2O3S/c1-9-3-4-11(7-10(9)2)12(8-16)15(18)13-5-6-14(21-13)17(19)20/h3-7,12H,1-2H3. The second kappa shape index (κ2) is 5.85. The first-order valence-corrected chi connectivity index (χ1v) is 7.01. The Morgan fingerprint density at radius 3 is 2.52 bits per heavy atom.